The van der Waals surface area contributed by atoms with Crippen molar-refractivity contribution in [1.82, 2.24) is 0 Å². The zero-order valence-corrected chi connectivity index (χ0v) is 16.1. The lowest BCUT2D eigenvalue weighted by Crippen LogP contribution is -2.47. The number of aliphatic hydroxyl groups is 1. The van der Waals surface area contributed by atoms with E-state index in [2.05, 4.69) is 52.8 Å². The Bertz CT molecular complexity index is 588. The molecule has 1 fully saturated rings. The first-order valence-electron chi connectivity index (χ1n) is 9.76. The van der Waals surface area contributed by atoms with Crippen LogP contribution >= 0.6 is 0 Å². The van der Waals surface area contributed by atoms with Gasteiger partial charge in [0.2, 0.25) is 0 Å². The number of benzene rings is 1. The maximum Gasteiger partial charge on any atom is 0.123 e. The van der Waals surface area contributed by atoms with Crippen LogP contribution in [-0.4, -0.2) is 16.8 Å². The van der Waals surface area contributed by atoms with Gasteiger partial charge >= 0.3 is 0 Å². The van der Waals surface area contributed by atoms with E-state index in [0.717, 1.165) is 25.0 Å². The summed E-state index contributed by atoms with van der Waals surface area (Å²) in [6.45, 7) is 11.4. The Balaban J connectivity index is 1.95. The van der Waals surface area contributed by atoms with Crippen LogP contribution in [0.2, 0.25) is 0 Å². The van der Waals surface area contributed by atoms with Crippen molar-refractivity contribution in [2.75, 3.05) is 0 Å². The Morgan fingerprint density at radius 3 is 2.71 bits per heavy atom. The van der Waals surface area contributed by atoms with Gasteiger partial charge in [-0.2, -0.15) is 0 Å². The molecular weight excluding hydrogens is 296 g/mol. The number of rotatable bonds is 4. The zero-order chi connectivity index (χ0) is 17.5. The second kappa shape index (κ2) is 6.37. The fraction of sp³-hybridized carbons (Fsp3) is 0.727. The standard InChI is InChI=1S/C22H34O2/c1-6-7-12-21(2,3)15-8-10-17-18-14-16(23)9-11-19(18)22(4,5)24-20(17)13-15/h8,10,13,16,18-19,23H,6-7,9,11-12,14H2,1-5H3/t16-,18+,19-/m1/s1. The van der Waals surface area contributed by atoms with Gasteiger partial charge in [0.15, 0.2) is 0 Å². The maximum atomic E-state index is 10.2. The molecule has 1 aliphatic heterocycles. The molecule has 3 rings (SSSR count). The van der Waals surface area contributed by atoms with Crippen molar-refractivity contribution in [2.45, 2.75) is 96.2 Å². The fourth-order valence-corrected chi connectivity index (χ4v) is 4.80. The van der Waals surface area contributed by atoms with Crippen LogP contribution in [0.15, 0.2) is 18.2 Å². The van der Waals surface area contributed by atoms with Crippen LogP contribution in [-0.2, 0) is 5.41 Å². The molecule has 134 valence electrons. The minimum atomic E-state index is -0.159. The molecule has 1 aliphatic carbocycles. The Labute approximate surface area is 147 Å². The van der Waals surface area contributed by atoms with Crippen LogP contribution in [0.5, 0.6) is 5.75 Å². The molecule has 1 N–H and O–H groups in total. The van der Waals surface area contributed by atoms with Crippen molar-refractivity contribution in [1.29, 1.82) is 0 Å². The highest BCUT2D eigenvalue weighted by Crippen LogP contribution is 2.52. The third kappa shape index (κ3) is 3.22. The summed E-state index contributed by atoms with van der Waals surface area (Å²) in [6, 6.07) is 6.86. The smallest absolute Gasteiger partial charge is 0.123 e. The molecule has 0 amide bonds. The predicted octanol–water partition coefficient (Wildman–Crippen LogP) is 5.57. The van der Waals surface area contributed by atoms with Gasteiger partial charge in [0.25, 0.3) is 0 Å². The summed E-state index contributed by atoms with van der Waals surface area (Å²) >= 11 is 0. The van der Waals surface area contributed by atoms with E-state index in [4.69, 9.17) is 4.74 Å². The van der Waals surface area contributed by atoms with E-state index in [-0.39, 0.29) is 17.1 Å². The highest BCUT2D eigenvalue weighted by atomic mass is 16.5. The van der Waals surface area contributed by atoms with Gasteiger partial charge in [-0.15, -0.1) is 0 Å². The maximum absolute atomic E-state index is 10.2. The lowest BCUT2D eigenvalue weighted by Gasteiger charge is -2.48. The molecule has 0 radical (unpaired) electrons. The van der Waals surface area contributed by atoms with Crippen molar-refractivity contribution in [3.8, 4) is 5.75 Å². The molecule has 0 aromatic heterocycles. The van der Waals surface area contributed by atoms with Crippen LogP contribution in [0.3, 0.4) is 0 Å². The molecule has 3 atom stereocenters. The summed E-state index contributed by atoms with van der Waals surface area (Å²) in [5, 5.41) is 10.2. The van der Waals surface area contributed by atoms with Gasteiger partial charge in [0.1, 0.15) is 11.4 Å². The second-order valence-electron chi connectivity index (χ2n) is 9.13. The van der Waals surface area contributed by atoms with Gasteiger partial charge in [-0.1, -0.05) is 45.7 Å². The summed E-state index contributed by atoms with van der Waals surface area (Å²) in [7, 11) is 0. The molecule has 2 aliphatic rings. The summed E-state index contributed by atoms with van der Waals surface area (Å²) in [5.41, 5.74) is 2.72. The first kappa shape index (κ1) is 17.8. The topological polar surface area (TPSA) is 29.5 Å². The van der Waals surface area contributed by atoms with Gasteiger partial charge in [-0.05, 0) is 68.1 Å². The van der Waals surface area contributed by atoms with E-state index < -0.39 is 0 Å². The number of ether oxygens (including phenoxy) is 1. The van der Waals surface area contributed by atoms with Gasteiger partial charge in [0, 0.05) is 5.92 Å². The van der Waals surface area contributed by atoms with Gasteiger partial charge in [-0.3, -0.25) is 0 Å². The Kier molecular flexibility index (Phi) is 4.72. The SMILES string of the molecule is CCCCC(C)(C)c1ccc2c(c1)OC(C)(C)[C@@H]1CC[C@@H](O)C[C@@H]21. The molecule has 0 unspecified atom stereocenters. The van der Waals surface area contributed by atoms with Crippen LogP contribution in [0.1, 0.15) is 90.2 Å². The molecule has 0 saturated heterocycles. The van der Waals surface area contributed by atoms with Gasteiger partial charge in [-0.25, -0.2) is 0 Å². The third-order valence-corrected chi connectivity index (χ3v) is 6.44. The van der Waals surface area contributed by atoms with Crippen LogP contribution in [0.25, 0.3) is 0 Å². The molecule has 24 heavy (non-hydrogen) atoms. The highest BCUT2D eigenvalue weighted by Gasteiger charge is 2.46. The molecule has 1 aromatic carbocycles. The summed E-state index contributed by atoms with van der Waals surface area (Å²) in [4.78, 5) is 0. The molecular formula is C22H34O2. The Morgan fingerprint density at radius 2 is 2.00 bits per heavy atom. The molecule has 1 saturated carbocycles. The minimum Gasteiger partial charge on any atom is -0.487 e. The normalized spacial score (nSPS) is 28.7. The van der Waals surface area contributed by atoms with Crippen LogP contribution in [0.4, 0.5) is 0 Å². The Hall–Kier alpha value is -1.02. The van der Waals surface area contributed by atoms with Crippen LogP contribution < -0.4 is 4.74 Å². The van der Waals surface area contributed by atoms with E-state index in [1.165, 1.54) is 30.4 Å². The first-order valence-corrected chi connectivity index (χ1v) is 9.76. The number of fused-ring (bicyclic) bond motifs is 3. The van der Waals surface area contributed by atoms with Crippen molar-refractivity contribution in [2.24, 2.45) is 5.92 Å². The average Bonchev–Trinajstić information content (AvgIpc) is 2.51. The first-order chi connectivity index (χ1) is 11.2. The van der Waals surface area contributed by atoms with Crippen molar-refractivity contribution in [3.63, 3.8) is 0 Å². The summed E-state index contributed by atoms with van der Waals surface area (Å²) < 4.78 is 6.48. The van der Waals surface area contributed by atoms with E-state index in [9.17, 15) is 5.11 Å². The summed E-state index contributed by atoms with van der Waals surface area (Å²) in [6.07, 6.45) is 6.38. The molecule has 0 spiro atoms. The minimum absolute atomic E-state index is 0.149. The predicted molar refractivity (Wildman–Crippen MR) is 99.8 cm³/mol. The molecule has 2 heteroatoms. The number of unbranched alkanes of at least 4 members (excludes halogenated alkanes) is 1. The molecule has 1 heterocycles. The van der Waals surface area contributed by atoms with Gasteiger partial charge in [0.05, 0.1) is 6.10 Å². The van der Waals surface area contributed by atoms with E-state index in [1.54, 1.807) is 0 Å². The number of hydrogen-bond acceptors (Lipinski definition) is 2. The van der Waals surface area contributed by atoms with Crippen molar-refractivity contribution < 1.29 is 9.84 Å². The summed E-state index contributed by atoms with van der Waals surface area (Å²) in [5.74, 6) is 1.99. The van der Waals surface area contributed by atoms with Crippen LogP contribution in [0, 0.1) is 5.92 Å². The largest absolute Gasteiger partial charge is 0.487 e. The van der Waals surface area contributed by atoms with Crippen molar-refractivity contribution in [3.05, 3.63) is 29.3 Å². The third-order valence-electron chi connectivity index (χ3n) is 6.44. The monoisotopic (exact) mass is 330 g/mol. The molecule has 2 nitrogen and oxygen atoms in total. The zero-order valence-electron chi connectivity index (χ0n) is 16.1. The Morgan fingerprint density at radius 1 is 1.25 bits per heavy atom. The number of aliphatic hydroxyl groups excluding tert-OH is 1. The van der Waals surface area contributed by atoms with Crippen molar-refractivity contribution >= 4 is 0 Å². The quantitative estimate of drug-likeness (QED) is 0.782. The van der Waals surface area contributed by atoms with E-state index in [1.807, 2.05) is 0 Å². The lowest BCUT2D eigenvalue weighted by molar-refractivity contribution is -0.0310. The number of hydrogen-bond donors (Lipinski definition) is 1. The average molecular weight is 331 g/mol. The lowest BCUT2D eigenvalue weighted by atomic mass is 9.65. The molecule has 0 bridgehead atoms. The van der Waals surface area contributed by atoms with E-state index in [0.29, 0.717) is 11.8 Å². The second-order valence-corrected chi connectivity index (χ2v) is 9.13. The molecule has 1 aromatic rings. The van der Waals surface area contributed by atoms with E-state index >= 15 is 0 Å². The van der Waals surface area contributed by atoms with Gasteiger partial charge < -0.3 is 9.84 Å². The highest BCUT2D eigenvalue weighted by molar-refractivity contribution is 5.45. The fourth-order valence-electron chi connectivity index (χ4n) is 4.80.